The minimum Gasteiger partial charge on any atom is -0.444 e. The van der Waals surface area contributed by atoms with Crippen molar-refractivity contribution < 1.29 is 23.6 Å². The minimum atomic E-state index is -1.30. The Labute approximate surface area is 165 Å². The second-order valence-corrected chi connectivity index (χ2v) is 12.9. The summed E-state index contributed by atoms with van der Waals surface area (Å²) in [6, 6.07) is 0. The van der Waals surface area contributed by atoms with Crippen LogP contribution >= 0.6 is 10.3 Å². The lowest BCUT2D eigenvalue weighted by atomic mass is 10.2. The largest absolute Gasteiger partial charge is 0.444 e. The van der Waals surface area contributed by atoms with Crippen molar-refractivity contribution >= 4 is 22.3 Å². The summed E-state index contributed by atoms with van der Waals surface area (Å²) in [5, 5.41) is 9.83. The smallest absolute Gasteiger partial charge is 0.410 e. The lowest BCUT2D eigenvalue weighted by Crippen LogP contribution is -2.45. The summed E-state index contributed by atoms with van der Waals surface area (Å²) in [6.07, 6.45) is 5.58. The number of carbonyl (C=O) groups is 2. The normalized spacial score (nSPS) is 18.8. The number of rotatable bonds is 7. The fraction of sp³-hybridized carbons (Fsp3) is 0.789. The molecule has 1 rings (SSSR count). The van der Waals surface area contributed by atoms with E-state index in [1.165, 1.54) is 22.0 Å². The third-order valence-electron chi connectivity index (χ3n) is 4.49. The Morgan fingerprint density at radius 1 is 1.22 bits per heavy atom. The zero-order chi connectivity index (χ0) is 21.0. The molecular weight excluding hydrogens is 368 g/mol. The van der Waals surface area contributed by atoms with E-state index in [9.17, 15) is 14.7 Å². The first-order valence-electron chi connectivity index (χ1n) is 9.16. The minimum absolute atomic E-state index is 0.0293. The van der Waals surface area contributed by atoms with E-state index in [1.54, 1.807) is 0 Å². The Bertz CT molecular complexity index is 563. The lowest BCUT2D eigenvalue weighted by molar-refractivity contribution is -0.131. The molecule has 8 heteroatoms. The lowest BCUT2D eigenvalue weighted by Gasteiger charge is -2.44. The average Bonchev–Trinajstić information content (AvgIpc) is 2.78. The molecule has 1 aliphatic heterocycles. The maximum Gasteiger partial charge on any atom is 0.410 e. The van der Waals surface area contributed by atoms with Crippen molar-refractivity contribution in [2.45, 2.75) is 58.1 Å². The molecule has 0 aromatic rings. The molecule has 0 spiro atoms. The molecule has 1 aliphatic rings. The highest BCUT2D eigenvalue weighted by atomic mass is 32.3. The van der Waals surface area contributed by atoms with Crippen LogP contribution in [0.2, 0.25) is 0 Å². The topological polar surface area (TPSA) is 79.3 Å². The molecule has 0 aliphatic carbocycles. The number of ether oxygens (including phenoxy) is 1. The molecule has 27 heavy (non-hydrogen) atoms. The summed E-state index contributed by atoms with van der Waals surface area (Å²) in [5.74, 6) is -0.263. The fourth-order valence-corrected chi connectivity index (χ4v) is 2.97. The Morgan fingerprint density at radius 2 is 1.81 bits per heavy atom. The molecule has 0 saturated heterocycles. The van der Waals surface area contributed by atoms with Gasteiger partial charge in [-0.05, 0) is 39.4 Å². The van der Waals surface area contributed by atoms with E-state index in [1.807, 2.05) is 20.8 Å². The first-order valence-corrected chi connectivity index (χ1v) is 11.5. The van der Waals surface area contributed by atoms with Gasteiger partial charge in [0.05, 0.1) is 6.61 Å². The molecule has 2 amide bonds. The van der Waals surface area contributed by atoms with Crippen LogP contribution in [-0.2, 0) is 13.7 Å². The van der Waals surface area contributed by atoms with Gasteiger partial charge >= 0.3 is 6.09 Å². The Balaban J connectivity index is 2.71. The van der Waals surface area contributed by atoms with E-state index in [4.69, 9.17) is 8.92 Å². The van der Waals surface area contributed by atoms with Gasteiger partial charge in [0, 0.05) is 30.5 Å². The van der Waals surface area contributed by atoms with E-state index in [2.05, 4.69) is 33.3 Å². The van der Waals surface area contributed by atoms with Gasteiger partial charge in [0.1, 0.15) is 11.8 Å². The van der Waals surface area contributed by atoms with Gasteiger partial charge in [0.25, 0.3) is 0 Å². The van der Waals surface area contributed by atoms with Gasteiger partial charge in [-0.2, -0.15) is 0 Å². The quantitative estimate of drug-likeness (QED) is 0.706. The molecule has 158 valence electrons. The van der Waals surface area contributed by atoms with Crippen LogP contribution in [-0.4, -0.2) is 82.2 Å². The summed E-state index contributed by atoms with van der Waals surface area (Å²) in [5.41, 5.74) is -0.614. The van der Waals surface area contributed by atoms with Crippen molar-refractivity contribution in [3.8, 4) is 0 Å². The van der Waals surface area contributed by atoms with Gasteiger partial charge in [0.15, 0.2) is 0 Å². The summed E-state index contributed by atoms with van der Waals surface area (Å²) in [4.78, 5) is 27.2. The average molecular weight is 405 g/mol. The van der Waals surface area contributed by atoms with Crippen LogP contribution < -0.4 is 0 Å². The van der Waals surface area contributed by atoms with E-state index in [-0.39, 0.29) is 23.7 Å². The molecule has 1 unspecified atom stereocenters. The molecule has 0 saturated carbocycles. The van der Waals surface area contributed by atoms with Crippen molar-refractivity contribution in [3.63, 3.8) is 0 Å². The first-order chi connectivity index (χ1) is 12.1. The first kappa shape index (κ1) is 23.8. The van der Waals surface area contributed by atoms with E-state index in [0.717, 1.165) is 0 Å². The second-order valence-electron chi connectivity index (χ2n) is 8.94. The standard InChI is InChI=1S/C19H36N2O5S/c1-18(2,3)26-17(24)20(11-12-21-15(22)9-10-16(21)23)13-14-25-27(7,8)19(4,5)6/h9-10,15,22H,11-14H2,1-8H3. The number of carbonyl (C=O) groups excluding carboxylic acids is 2. The summed E-state index contributed by atoms with van der Waals surface area (Å²) in [7, 11) is -1.30. The van der Waals surface area contributed by atoms with Gasteiger partial charge < -0.3 is 23.8 Å². The second kappa shape index (κ2) is 8.84. The van der Waals surface area contributed by atoms with Gasteiger partial charge in [-0.25, -0.2) is 4.79 Å². The molecule has 7 nitrogen and oxygen atoms in total. The van der Waals surface area contributed by atoms with Crippen LogP contribution in [0.4, 0.5) is 4.79 Å². The van der Waals surface area contributed by atoms with Crippen molar-refractivity contribution in [1.82, 2.24) is 9.80 Å². The molecule has 1 atom stereocenters. The zero-order valence-corrected chi connectivity index (χ0v) is 18.8. The van der Waals surface area contributed by atoms with Crippen molar-refractivity contribution in [2.24, 2.45) is 0 Å². The van der Waals surface area contributed by atoms with Crippen LogP contribution in [0.5, 0.6) is 0 Å². The number of aliphatic hydroxyl groups excluding tert-OH is 1. The van der Waals surface area contributed by atoms with E-state index in [0.29, 0.717) is 13.2 Å². The number of aliphatic hydroxyl groups is 1. The van der Waals surface area contributed by atoms with Gasteiger partial charge in [-0.1, -0.05) is 20.8 Å². The van der Waals surface area contributed by atoms with Crippen LogP contribution in [0.25, 0.3) is 0 Å². The van der Waals surface area contributed by atoms with Crippen LogP contribution in [0, 0.1) is 0 Å². The SMILES string of the molecule is CC(C)(C)OC(=O)N(CCOS(C)(C)C(C)(C)C)CCN1C(=O)C=CC1O. The Kier molecular flexibility index (Phi) is 7.78. The van der Waals surface area contributed by atoms with Crippen LogP contribution in [0.15, 0.2) is 12.2 Å². The molecule has 0 fully saturated rings. The highest BCUT2D eigenvalue weighted by Crippen LogP contribution is 2.53. The molecular formula is C19H36N2O5S. The number of amides is 2. The predicted octanol–water partition coefficient (Wildman–Crippen LogP) is 2.73. The number of hydrogen-bond donors (Lipinski definition) is 1. The van der Waals surface area contributed by atoms with Crippen molar-refractivity contribution in [3.05, 3.63) is 12.2 Å². The molecule has 0 aromatic heterocycles. The number of nitrogens with zero attached hydrogens (tertiary/aromatic N) is 2. The Morgan fingerprint density at radius 3 is 2.26 bits per heavy atom. The van der Waals surface area contributed by atoms with E-state index < -0.39 is 28.2 Å². The monoisotopic (exact) mass is 404 g/mol. The van der Waals surface area contributed by atoms with E-state index >= 15 is 0 Å². The maximum absolute atomic E-state index is 12.6. The molecule has 0 radical (unpaired) electrons. The highest BCUT2D eigenvalue weighted by Gasteiger charge is 2.30. The Hall–Kier alpha value is -1.25. The fourth-order valence-electron chi connectivity index (χ4n) is 2.12. The summed E-state index contributed by atoms with van der Waals surface area (Å²) in [6.45, 7) is 13.1. The number of hydrogen-bond acceptors (Lipinski definition) is 5. The molecule has 0 aromatic carbocycles. The third-order valence-corrected chi connectivity index (χ3v) is 8.20. The van der Waals surface area contributed by atoms with Crippen LogP contribution in [0.1, 0.15) is 41.5 Å². The summed E-state index contributed by atoms with van der Waals surface area (Å²) >= 11 is 0. The van der Waals surface area contributed by atoms with Gasteiger partial charge in [0.2, 0.25) is 5.91 Å². The van der Waals surface area contributed by atoms with Crippen molar-refractivity contribution in [1.29, 1.82) is 0 Å². The van der Waals surface area contributed by atoms with Crippen molar-refractivity contribution in [2.75, 3.05) is 38.8 Å². The van der Waals surface area contributed by atoms with Gasteiger partial charge in [-0.15, -0.1) is 10.3 Å². The third kappa shape index (κ3) is 7.35. The molecule has 1 heterocycles. The highest BCUT2D eigenvalue weighted by molar-refractivity contribution is 8.29. The predicted molar refractivity (Wildman–Crippen MR) is 110 cm³/mol. The van der Waals surface area contributed by atoms with Crippen LogP contribution in [0.3, 0.4) is 0 Å². The van der Waals surface area contributed by atoms with Gasteiger partial charge in [-0.3, -0.25) is 4.79 Å². The summed E-state index contributed by atoms with van der Waals surface area (Å²) < 4.78 is 11.6. The zero-order valence-electron chi connectivity index (χ0n) is 17.9. The molecule has 0 bridgehead atoms. The molecule has 1 N–H and O–H groups in total. The maximum atomic E-state index is 12.6.